The highest BCUT2D eigenvalue weighted by atomic mass is 19.1. The van der Waals surface area contributed by atoms with Gasteiger partial charge in [-0.3, -0.25) is 14.6 Å². The van der Waals surface area contributed by atoms with Crippen molar-refractivity contribution in [1.29, 1.82) is 0 Å². The van der Waals surface area contributed by atoms with E-state index in [2.05, 4.69) is 10.3 Å². The van der Waals surface area contributed by atoms with E-state index in [-0.39, 0.29) is 29.9 Å². The average Bonchev–Trinajstić information content (AvgIpc) is 3.27. The minimum Gasteiger partial charge on any atom is -0.508 e. The van der Waals surface area contributed by atoms with Gasteiger partial charge in [-0.05, 0) is 62.1 Å². The number of benzene rings is 2. The molecule has 1 unspecified atom stereocenters. The van der Waals surface area contributed by atoms with Gasteiger partial charge in [-0.15, -0.1) is 0 Å². The Bertz CT molecular complexity index is 1400. The molecule has 3 aromatic rings. The van der Waals surface area contributed by atoms with Crippen molar-refractivity contribution in [2.24, 2.45) is 0 Å². The Morgan fingerprint density at radius 2 is 2.05 bits per heavy atom. The van der Waals surface area contributed by atoms with Gasteiger partial charge in [0, 0.05) is 41.7 Å². The SMILES string of the molecule is COc1cc2c3c([nH]c2cc1F)C(c1cccc(O)c1)N1C(=O)N(CCCNC2CCC2)C(=O)[C@]1(C)C3. The molecule has 9 heteroatoms. The van der Waals surface area contributed by atoms with E-state index in [1.807, 2.05) is 6.07 Å². The Morgan fingerprint density at radius 3 is 2.76 bits per heavy atom. The standard InChI is InChI=1S/C28H31FN4O4/c1-28-15-20-19-13-23(37-2)21(29)14-22(19)31-24(20)25(16-6-3-9-18(34)12-16)33(28)27(36)32(26(28)35)11-5-10-30-17-7-4-8-17/h3,6,9,12-14,17,25,30-31,34H,4-5,7-8,10-11,15H2,1-2H3/t25?,28-/m0/s1. The average molecular weight is 507 g/mol. The fourth-order valence-electron chi connectivity index (χ4n) is 6.07. The first-order chi connectivity index (χ1) is 17.8. The maximum Gasteiger partial charge on any atom is 0.328 e. The van der Waals surface area contributed by atoms with Crippen LogP contribution in [0.5, 0.6) is 11.5 Å². The summed E-state index contributed by atoms with van der Waals surface area (Å²) in [5.41, 5.74) is 1.66. The number of phenolic OH excluding ortho intramolecular Hbond substituents is 1. The number of halogens is 1. The lowest BCUT2D eigenvalue weighted by Gasteiger charge is -2.42. The minimum absolute atomic E-state index is 0.0621. The number of nitrogens with zero attached hydrogens (tertiary/aromatic N) is 2. The van der Waals surface area contributed by atoms with Crippen LogP contribution in [0.3, 0.4) is 0 Å². The number of methoxy groups -OCH3 is 1. The number of aromatic amines is 1. The summed E-state index contributed by atoms with van der Waals surface area (Å²) in [5.74, 6) is -0.555. The number of imide groups is 1. The van der Waals surface area contributed by atoms with E-state index in [1.54, 1.807) is 36.1 Å². The molecule has 2 atom stereocenters. The molecule has 0 bridgehead atoms. The van der Waals surface area contributed by atoms with Gasteiger partial charge >= 0.3 is 6.03 Å². The highest BCUT2D eigenvalue weighted by molar-refractivity contribution is 6.08. The summed E-state index contributed by atoms with van der Waals surface area (Å²) in [6.07, 6.45) is 4.57. The van der Waals surface area contributed by atoms with Gasteiger partial charge in [0.05, 0.1) is 7.11 Å². The summed E-state index contributed by atoms with van der Waals surface area (Å²) >= 11 is 0. The smallest absolute Gasteiger partial charge is 0.328 e. The number of carbonyl (C=O) groups excluding carboxylic acids is 2. The highest BCUT2D eigenvalue weighted by Gasteiger charge is 2.60. The largest absolute Gasteiger partial charge is 0.508 e. The molecular weight excluding hydrogens is 475 g/mol. The van der Waals surface area contributed by atoms with E-state index in [4.69, 9.17) is 4.74 Å². The number of urea groups is 1. The summed E-state index contributed by atoms with van der Waals surface area (Å²) < 4.78 is 19.8. The number of hydrogen-bond donors (Lipinski definition) is 3. The number of hydrogen-bond acceptors (Lipinski definition) is 5. The van der Waals surface area contributed by atoms with Crippen molar-refractivity contribution >= 4 is 22.8 Å². The van der Waals surface area contributed by atoms with Crippen LogP contribution in [0.25, 0.3) is 10.9 Å². The van der Waals surface area contributed by atoms with Crippen molar-refractivity contribution in [3.8, 4) is 11.5 Å². The van der Waals surface area contributed by atoms with E-state index >= 15 is 0 Å². The summed E-state index contributed by atoms with van der Waals surface area (Å²) in [6.45, 7) is 2.89. The Hall–Kier alpha value is -3.59. The molecule has 1 aliphatic carbocycles. The van der Waals surface area contributed by atoms with E-state index in [9.17, 15) is 19.1 Å². The molecule has 0 spiro atoms. The second kappa shape index (κ2) is 8.76. The van der Waals surface area contributed by atoms with Crippen LogP contribution in [0.1, 0.15) is 55.5 Å². The first-order valence-corrected chi connectivity index (χ1v) is 12.9. The van der Waals surface area contributed by atoms with Gasteiger partial charge in [-0.1, -0.05) is 18.6 Å². The summed E-state index contributed by atoms with van der Waals surface area (Å²) in [6, 6.07) is 9.28. The zero-order valence-corrected chi connectivity index (χ0v) is 21.0. The van der Waals surface area contributed by atoms with Gasteiger partial charge in [0.2, 0.25) is 0 Å². The number of H-pyrrole nitrogens is 1. The molecule has 3 heterocycles. The molecule has 1 aromatic heterocycles. The quantitative estimate of drug-likeness (QED) is 0.329. The lowest BCUT2D eigenvalue weighted by Crippen LogP contribution is -2.53. The predicted octanol–water partition coefficient (Wildman–Crippen LogP) is 4.22. The third-order valence-electron chi connectivity index (χ3n) is 8.22. The highest BCUT2D eigenvalue weighted by Crippen LogP contribution is 2.49. The molecule has 3 N–H and O–H groups in total. The van der Waals surface area contributed by atoms with E-state index < -0.39 is 17.4 Å². The van der Waals surface area contributed by atoms with Crippen molar-refractivity contribution in [3.05, 3.63) is 59.0 Å². The molecular formula is C28H31FN4O4. The Balaban J connectivity index is 1.42. The first-order valence-electron chi connectivity index (χ1n) is 12.9. The molecule has 194 valence electrons. The van der Waals surface area contributed by atoms with Gasteiger partial charge in [0.25, 0.3) is 5.91 Å². The zero-order valence-electron chi connectivity index (χ0n) is 21.0. The molecule has 3 aliphatic rings. The number of amides is 3. The maximum absolute atomic E-state index is 14.6. The fourth-order valence-corrected chi connectivity index (χ4v) is 6.07. The van der Waals surface area contributed by atoms with Gasteiger partial charge in [-0.2, -0.15) is 0 Å². The molecule has 1 saturated heterocycles. The van der Waals surface area contributed by atoms with Crippen molar-refractivity contribution < 1.29 is 23.8 Å². The van der Waals surface area contributed by atoms with Crippen LogP contribution in [0, 0.1) is 5.82 Å². The van der Waals surface area contributed by atoms with Crippen molar-refractivity contribution in [3.63, 3.8) is 0 Å². The maximum atomic E-state index is 14.6. The fraction of sp³-hybridized carbons (Fsp3) is 0.429. The Morgan fingerprint density at radius 1 is 1.24 bits per heavy atom. The molecule has 3 amide bonds. The van der Waals surface area contributed by atoms with Crippen LogP contribution < -0.4 is 10.1 Å². The van der Waals surface area contributed by atoms with Crippen LogP contribution in [0.2, 0.25) is 0 Å². The third-order valence-corrected chi connectivity index (χ3v) is 8.22. The number of nitrogens with one attached hydrogen (secondary N) is 2. The molecule has 1 saturated carbocycles. The number of aromatic hydroxyl groups is 1. The van der Waals surface area contributed by atoms with Gasteiger partial charge in [-0.25, -0.2) is 9.18 Å². The van der Waals surface area contributed by atoms with E-state index in [1.165, 1.54) is 37.3 Å². The zero-order chi connectivity index (χ0) is 25.9. The minimum atomic E-state index is -1.13. The number of aromatic nitrogens is 1. The van der Waals surface area contributed by atoms with Crippen molar-refractivity contribution in [2.45, 2.75) is 56.7 Å². The predicted molar refractivity (Wildman–Crippen MR) is 136 cm³/mol. The molecule has 0 radical (unpaired) electrons. The van der Waals surface area contributed by atoms with Gasteiger partial charge < -0.3 is 20.1 Å². The van der Waals surface area contributed by atoms with Gasteiger partial charge in [0.15, 0.2) is 11.6 Å². The van der Waals surface area contributed by atoms with Crippen LogP contribution >= 0.6 is 0 Å². The second-order valence-corrected chi connectivity index (χ2v) is 10.5. The number of fused-ring (bicyclic) bond motifs is 4. The third kappa shape index (κ3) is 3.67. The van der Waals surface area contributed by atoms with Crippen LogP contribution in [0.4, 0.5) is 9.18 Å². The number of ether oxygens (including phenoxy) is 1. The molecule has 6 rings (SSSR count). The van der Waals surface area contributed by atoms with E-state index in [0.717, 1.165) is 17.5 Å². The number of rotatable bonds is 7. The topological polar surface area (TPSA) is 97.9 Å². The van der Waals surface area contributed by atoms with Crippen molar-refractivity contribution in [2.75, 3.05) is 20.2 Å². The molecule has 37 heavy (non-hydrogen) atoms. The van der Waals surface area contributed by atoms with Crippen molar-refractivity contribution in [1.82, 2.24) is 20.1 Å². The molecule has 8 nitrogen and oxygen atoms in total. The Labute approximate surface area is 214 Å². The van der Waals surface area contributed by atoms with Crippen LogP contribution in [-0.2, 0) is 11.2 Å². The van der Waals surface area contributed by atoms with Crippen LogP contribution in [-0.4, -0.2) is 63.6 Å². The lowest BCUT2D eigenvalue weighted by molar-refractivity contribution is -0.133. The van der Waals surface area contributed by atoms with Crippen LogP contribution in [0.15, 0.2) is 36.4 Å². The Kier molecular flexibility index (Phi) is 5.63. The number of carbonyl (C=O) groups is 2. The first kappa shape index (κ1) is 23.8. The molecule has 2 aliphatic heterocycles. The summed E-state index contributed by atoms with van der Waals surface area (Å²) in [4.78, 5) is 34.0. The van der Waals surface area contributed by atoms with Gasteiger partial charge in [0.1, 0.15) is 17.3 Å². The number of phenols is 1. The summed E-state index contributed by atoms with van der Waals surface area (Å²) in [5, 5.41) is 14.5. The second-order valence-electron chi connectivity index (χ2n) is 10.5. The lowest BCUT2D eigenvalue weighted by atomic mass is 9.81. The van der Waals surface area contributed by atoms with E-state index in [0.29, 0.717) is 35.8 Å². The summed E-state index contributed by atoms with van der Waals surface area (Å²) in [7, 11) is 1.42. The molecule has 2 fully saturated rings. The normalized spacial score (nSPS) is 23.4. The molecule has 2 aromatic carbocycles. The monoisotopic (exact) mass is 506 g/mol.